The van der Waals surface area contributed by atoms with Crippen LogP contribution < -0.4 is 0 Å². The van der Waals surface area contributed by atoms with Gasteiger partial charge in [0.25, 0.3) is 0 Å². The van der Waals surface area contributed by atoms with E-state index in [-0.39, 0.29) is 6.61 Å². The predicted molar refractivity (Wildman–Crippen MR) is 56.0 cm³/mol. The second kappa shape index (κ2) is 3.86. The molecule has 0 atom stereocenters. The summed E-state index contributed by atoms with van der Waals surface area (Å²) in [6, 6.07) is 5.91. The fraction of sp³-hybridized carbons (Fsp3) is 0.200. The van der Waals surface area contributed by atoms with Gasteiger partial charge in [0.15, 0.2) is 5.82 Å². The van der Waals surface area contributed by atoms with E-state index in [1.54, 1.807) is 11.3 Å². The highest BCUT2D eigenvalue weighted by molar-refractivity contribution is 7.13. The number of rotatable bonds is 2. The Hall–Kier alpha value is -1.26. The SMILES string of the molecule is Cc1cc(-c2cccs2)nc(CO)n1. The summed E-state index contributed by atoms with van der Waals surface area (Å²) in [7, 11) is 0. The van der Waals surface area contributed by atoms with Crippen molar-refractivity contribution in [3.05, 3.63) is 35.1 Å². The van der Waals surface area contributed by atoms with Crippen molar-refractivity contribution >= 4 is 11.3 Å². The molecular formula is C10H10N2OS. The van der Waals surface area contributed by atoms with Crippen molar-refractivity contribution in [3.63, 3.8) is 0 Å². The van der Waals surface area contributed by atoms with Crippen molar-refractivity contribution in [1.29, 1.82) is 0 Å². The van der Waals surface area contributed by atoms with Crippen LogP contribution in [0.5, 0.6) is 0 Å². The van der Waals surface area contributed by atoms with Gasteiger partial charge in [-0.2, -0.15) is 0 Å². The topological polar surface area (TPSA) is 46.0 Å². The zero-order chi connectivity index (χ0) is 9.97. The van der Waals surface area contributed by atoms with E-state index in [2.05, 4.69) is 9.97 Å². The van der Waals surface area contributed by atoms with Gasteiger partial charge in [0, 0.05) is 5.69 Å². The molecule has 0 aromatic carbocycles. The van der Waals surface area contributed by atoms with Gasteiger partial charge in [0.1, 0.15) is 6.61 Å². The number of hydrogen-bond donors (Lipinski definition) is 1. The summed E-state index contributed by atoms with van der Waals surface area (Å²) < 4.78 is 0. The van der Waals surface area contributed by atoms with Crippen molar-refractivity contribution in [3.8, 4) is 10.6 Å². The number of hydrogen-bond acceptors (Lipinski definition) is 4. The van der Waals surface area contributed by atoms with Gasteiger partial charge in [-0.1, -0.05) is 6.07 Å². The molecule has 72 valence electrons. The molecule has 14 heavy (non-hydrogen) atoms. The first-order valence-electron chi connectivity index (χ1n) is 4.29. The largest absolute Gasteiger partial charge is 0.388 e. The molecule has 4 heteroatoms. The minimum absolute atomic E-state index is 0.111. The number of aliphatic hydroxyl groups excluding tert-OH is 1. The van der Waals surface area contributed by atoms with Crippen LogP contribution in [0.4, 0.5) is 0 Å². The van der Waals surface area contributed by atoms with E-state index in [1.807, 2.05) is 30.5 Å². The van der Waals surface area contributed by atoms with E-state index in [1.165, 1.54) is 0 Å². The first kappa shape index (κ1) is 9.30. The highest BCUT2D eigenvalue weighted by Gasteiger charge is 2.04. The average molecular weight is 206 g/mol. The number of aromatic nitrogens is 2. The first-order chi connectivity index (χ1) is 6.79. The van der Waals surface area contributed by atoms with E-state index >= 15 is 0 Å². The molecule has 0 bridgehead atoms. The van der Waals surface area contributed by atoms with Gasteiger partial charge in [-0.3, -0.25) is 0 Å². The van der Waals surface area contributed by atoms with E-state index in [0.29, 0.717) is 5.82 Å². The zero-order valence-electron chi connectivity index (χ0n) is 7.77. The molecule has 0 saturated carbocycles. The van der Waals surface area contributed by atoms with Gasteiger partial charge < -0.3 is 5.11 Å². The van der Waals surface area contributed by atoms with E-state index < -0.39 is 0 Å². The Morgan fingerprint density at radius 1 is 1.43 bits per heavy atom. The summed E-state index contributed by atoms with van der Waals surface area (Å²) in [6.45, 7) is 1.79. The Labute approximate surface area is 86.1 Å². The number of aryl methyl sites for hydroxylation is 1. The lowest BCUT2D eigenvalue weighted by Crippen LogP contribution is -1.97. The molecule has 0 radical (unpaired) electrons. The van der Waals surface area contributed by atoms with Crippen LogP contribution in [0.15, 0.2) is 23.6 Å². The van der Waals surface area contributed by atoms with Gasteiger partial charge in [0.2, 0.25) is 0 Å². The maximum absolute atomic E-state index is 8.96. The lowest BCUT2D eigenvalue weighted by atomic mass is 10.3. The molecule has 0 aliphatic rings. The Morgan fingerprint density at radius 3 is 2.93 bits per heavy atom. The lowest BCUT2D eigenvalue weighted by molar-refractivity contribution is 0.271. The molecule has 0 amide bonds. The van der Waals surface area contributed by atoms with Crippen LogP contribution in [-0.2, 0) is 6.61 Å². The summed E-state index contributed by atoms with van der Waals surface area (Å²) in [6.07, 6.45) is 0. The fourth-order valence-electron chi connectivity index (χ4n) is 1.25. The van der Waals surface area contributed by atoms with Crippen LogP contribution in [0.2, 0.25) is 0 Å². The zero-order valence-corrected chi connectivity index (χ0v) is 8.58. The Kier molecular flexibility index (Phi) is 2.56. The number of nitrogens with zero attached hydrogens (tertiary/aromatic N) is 2. The van der Waals surface area contributed by atoms with E-state index in [9.17, 15) is 0 Å². The smallest absolute Gasteiger partial charge is 0.154 e. The summed E-state index contributed by atoms with van der Waals surface area (Å²) in [4.78, 5) is 9.45. The standard InChI is InChI=1S/C10H10N2OS/c1-7-5-8(9-3-2-4-14-9)12-10(6-13)11-7/h2-5,13H,6H2,1H3. The molecule has 0 spiro atoms. The van der Waals surface area contributed by atoms with Crippen molar-refractivity contribution in [1.82, 2.24) is 9.97 Å². The van der Waals surface area contributed by atoms with Gasteiger partial charge in [-0.05, 0) is 24.4 Å². The van der Waals surface area contributed by atoms with E-state index in [0.717, 1.165) is 16.3 Å². The quantitative estimate of drug-likeness (QED) is 0.817. The second-order valence-corrected chi connectivity index (χ2v) is 3.89. The van der Waals surface area contributed by atoms with Crippen LogP contribution in [0, 0.1) is 6.92 Å². The molecule has 0 aliphatic carbocycles. The summed E-state index contributed by atoms with van der Waals surface area (Å²) in [5.74, 6) is 0.480. The first-order valence-corrected chi connectivity index (χ1v) is 5.17. The van der Waals surface area contributed by atoms with E-state index in [4.69, 9.17) is 5.11 Å². The van der Waals surface area contributed by atoms with Crippen LogP contribution in [0.25, 0.3) is 10.6 Å². The van der Waals surface area contributed by atoms with Crippen molar-refractivity contribution < 1.29 is 5.11 Å². The Bertz CT molecular complexity index is 426. The molecule has 0 unspecified atom stereocenters. The molecule has 1 N–H and O–H groups in total. The highest BCUT2D eigenvalue weighted by Crippen LogP contribution is 2.22. The number of aliphatic hydroxyl groups is 1. The maximum Gasteiger partial charge on any atom is 0.154 e. The van der Waals surface area contributed by atoms with Crippen LogP contribution in [-0.4, -0.2) is 15.1 Å². The molecule has 2 aromatic rings. The van der Waals surface area contributed by atoms with Crippen LogP contribution >= 0.6 is 11.3 Å². The van der Waals surface area contributed by atoms with Crippen LogP contribution in [0.1, 0.15) is 11.5 Å². The third-order valence-corrected chi connectivity index (χ3v) is 2.71. The van der Waals surface area contributed by atoms with Crippen molar-refractivity contribution in [2.45, 2.75) is 13.5 Å². The third-order valence-electron chi connectivity index (χ3n) is 1.82. The predicted octanol–water partition coefficient (Wildman–Crippen LogP) is 2.01. The molecule has 2 heterocycles. The molecule has 2 rings (SSSR count). The average Bonchev–Trinajstić information content (AvgIpc) is 2.69. The minimum Gasteiger partial charge on any atom is -0.388 e. The third kappa shape index (κ3) is 1.81. The second-order valence-electron chi connectivity index (χ2n) is 2.95. The molecule has 0 fully saturated rings. The Morgan fingerprint density at radius 2 is 2.29 bits per heavy atom. The maximum atomic E-state index is 8.96. The molecule has 3 nitrogen and oxygen atoms in total. The van der Waals surface area contributed by atoms with Gasteiger partial charge in [0.05, 0.1) is 10.6 Å². The monoisotopic (exact) mass is 206 g/mol. The molecular weight excluding hydrogens is 196 g/mol. The van der Waals surface area contributed by atoms with Crippen molar-refractivity contribution in [2.24, 2.45) is 0 Å². The molecule has 2 aromatic heterocycles. The molecule has 0 aliphatic heterocycles. The highest BCUT2D eigenvalue weighted by atomic mass is 32.1. The summed E-state index contributed by atoms with van der Waals surface area (Å²) >= 11 is 1.63. The normalized spacial score (nSPS) is 10.4. The van der Waals surface area contributed by atoms with Gasteiger partial charge >= 0.3 is 0 Å². The minimum atomic E-state index is -0.111. The lowest BCUT2D eigenvalue weighted by Gasteiger charge is -2.01. The van der Waals surface area contributed by atoms with Crippen molar-refractivity contribution in [2.75, 3.05) is 0 Å². The summed E-state index contributed by atoms with van der Waals surface area (Å²) in [5.41, 5.74) is 1.77. The molecule has 0 saturated heterocycles. The van der Waals surface area contributed by atoms with Crippen LogP contribution in [0.3, 0.4) is 0 Å². The Balaban J connectivity index is 2.48. The number of thiophene rings is 1. The van der Waals surface area contributed by atoms with Gasteiger partial charge in [-0.15, -0.1) is 11.3 Å². The fourth-order valence-corrected chi connectivity index (χ4v) is 1.94. The summed E-state index contributed by atoms with van der Waals surface area (Å²) in [5, 5.41) is 11.0. The van der Waals surface area contributed by atoms with Gasteiger partial charge in [-0.25, -0.2) is 9.97 Å².